The molecule has 1 amide bonds. The molecule has 0 rings (SSSR count). The van der Waals surface area contributed by atoms with E-state index >= 15 is 0 Å². The molecule has 0 aromatic heterocycles. The van der Waals surface area contributed by atoms with Crippen molar-refractivity contribution >= 4 is 43.7 Å². The van der Waals surface area contributed by atoms with Gasteiger partial charge in [0.2, 0.25) is 5.91 Å². The summed E-state index contributed by atoms with van der Waals surface area (Å²) in [6.07, 6.45) is -5.39. The first-order chi connectivity index (χ1) is 8.63. The number of hydrogen-bond donors (Lipinski definition) is 2. The van der Waals surface area contributed by atoms with Gasteiger partial charge in [0.25, 0.3) is 0 Å². The summed E-state index contributed by atoms with van der Waals surface area (Å²) in [6.45, 7) is 0.906. The van der Waals surface area contributed by atoms with E-state index in [-0.39, 0.29) is 17.3 Å². The van der Waals surface area contributed by atoms with Crippen LogP contribution in [0.2, 0.25) is 0 Å². The molecule has 0 aromatic carbocycles. The molecule has 112 valence electrons. The Hall–Kier alpha value is -0.350. The van der Waals surface area contributed by atoms with Gasteiger partial charge in [-0.3, -0.25) is 4.79 Å². The molecule has 0 fully saturated rings. The van der Waals surface area contributed by atoms with E-state index in [1.165, 1.54) is 12.2 Å². The third-order valence-corrected chi connectivity index (χ3v) is 3.59. The van der Waals surface area contributed by atoms with E-state index in [2.05, 4.69) is 36.6 Å². The highest BCUT2D eigenvalue weighted by Gasteiger charge is 2.62. The van der Waals surface area contributed by atoms with Crippen LogP contribution in [-0.2, 0) is 14.3 Å². The van der Waals surface area contributed by atoms with Crippen molar-refractivity contribution in [1.29, 1.82) is 0 Å². The summed E-state index contributed by atoms with van der Waals surface area (Å²) in [7, 11) is 0. The SMILES string of the molecule is CCOC(=O)C(O)(NC(=O)C(CBr)CBr)C(F)(F)F. The van der Waals surface area contributed by atoms with Crippen LogP contribution in [0.5, 0.6) is 0 Å². The van der Waals surface area contributed by atoms with Gasteiger partial charge in [0, 0.05) is 10.7 Å². The van der Waals surface area contributed by atoms with Crippen LogP contribution >= 0.6 is 31.9 Å². The minimum absolute atomic E-state index is 0.0564. The Kier molecular flexibility index (Phi) is 7.30. The van der Waals surface area contributed by atoms with E-state index in [9.17, 15) is 27.9 Å². The minimum atomic E-state index is -5.39. The van der Waals surface area contributed by atoms with Crippen molar-refractivity contribution in [2.45, 2.75) is 18.8 Å². The average Bonchev–Trinajstić information content (AvgIpc) is 2.29. The van der Waals surface area contributed by atoms with Crippen molar-refractivity contribution < 1.29 is 32.6 Å². The second-order valence-electron chi connectivity index (χ2n) is 3.42. The number of ether oxygens (including phenoxy) is 1. The van der Waals surface area contributed by atoms with Crippen molar-refractivity contribution in [2.24, 2.45) is 5.92 Å². The second-order valence-corrected chi connectivity index (χ2v) is 4.72. The number of hydrogen-bond acceptors (Lipinski definition) is 4. The molecule has 0 bridgehead atoms. The number of esters is 1. The highest BCUT2D eigenvalue weighted by molar-refractivity contribution is 9.09. The standard InChI is InChI=1S/C9H12Br2F3NO4/c1-2-19-7(17)8(18,9(12,13)14)15-6(16)5(3-10)4-11/h5,18H,2-4H2,1H3,(H,15,16). The smallest absolute Gasteiger partial charge is 0.448 e. The lowest BCUT2D eigenvalue weighted by Crippen LogP contribution is -2.65. The predicted molar refractivity (Wildman–Crippen MR) is 66.9 cm³/mol. The summed E-state index contributed by atoms with van der Waals surface area (Å²) in [5, 5.41) is 10.8. The van der Waals surface area contributed by atoms with Gasteiger partial charge in [0.15, 0.2) is 0 Å². The molecule has 0 saturated heterocycles. The van der Waals surface area contributed by atoms with Crippen LogP contribution < -0.4 is 5.32 Å². The number of carbonyl (C=O) groups is 2. The molecule has 0 aromatic rings. The average molecular weight is 415 g/mol. The molecular formula is C9H12Br2F3NO4. The van der Waals surface area contributed by atoms with E-state index in [4.69, 9.17) is 0 Å². The van der Waals surface area contributed by atoms with Gasteiger partial charge in [-0.25, -0.2) is 4.79 Å². The molecule has 10 heteroatoms. The first-order valence-electron chi connectivity index (χ1n) is 5.04. The van der Waals surface area contributed by atoms with Gasteiger partial charge in [0.05, 0.1) is 12.5 Å². The molecular weight excluding hydrogens is 403 g/mol. The molecule has 5 nitrogen and oxygen atoms in total. The van der Waals surface area contributed by atoms with E-state index in [1.54, 1.807) is 0 Å². The molecule has 1 unspecified atom stereocenters. The lowest BCUT2D eigenvalue weighted by Gasteiger charge is -2.29. The lowest BCUT2D eigenvalue weighted by atomic mass is 10.1. The van der Waals surface area contributed by atoms with E-state index in [0.717, 1.165) is 0 Å². The first kappa shape index (κ1) is 18.7. The molecule has 0 spiro atoms. The van der Waals surface area contributed by atoms with Crippen LogP contribution in [0.25, 0.3) is 0 Å². The van der Waals surface area contributed by atoms with Crippen molar-refractivity contribution in [3.8, 4) is 0 Å². The molecule has 0 saturated carbocycles. The summed E-state index contributed by atoms with van der Waals surface area (Å²) < 4.78 is 42.3. The zero-order valence-electron chi connectivity index (χ0n) is 9.76. The van der Waals surface area contributed by atoms with E-state index in [1.807, 2.05) is 0 Å². The van der Waals surface area contributed by atoms with Gasteiger partial charge in [0.1, 0.15) is 0 Å². The Morgan fingerprint density at radius 2 is 1.79 bits per heavy atom. The van der Waals surface area contributed by atoms with Crippen LogP contribution in [0.1, 0.15) is 6.92 Å². The fourth-order valence-corrected chi connectivity index (χ4v) is 2.60. The van der Waals surface area contributed by atoms with Crippen LogP contribution in [0.15, 0.2) is 0 Å². The number of aliphatic hydroxyl groups is 1. The Balaban J connectivity index is 5.19. The molecule has 0 aliphatic carbocycles. The van der Waals surface area contributed by atoms with Crippen LogP contribution in [-0.4, -0.2) is 46.2 Å². The van der Waals surface area contributed by atoms with Crippen LogP contribution in [0.4, 0.5) is 13.2 Å². The Morgan fingerprint density at radius 3 is 2.11 bits per heavy atom. The summed E-state index contributed by atoms with van der Waals surface area (Å²) in [5.74, 6) is -4.00. The number of nitrogens with one attached hydrogen (secondary N) is 1. The Morgan fingerprint density at radius 1 is 1.32 bits per heavy atom. The second kappa shape index (κ2) is 7.44. The number of halogens is 5. The van der Waals surface area contributed by atoms with Gasteiger partial charge in [-0.05, 0) is 6.92 Å². The van der Waals surface area contributed by atoms with Gasteiger partial charge in [-0.15, -0.1) is 0 Å². The van der Waals surface area contributed by atoms with Crippen molar-refractivity contribution in [3.05, 3.63) is 0 Å². The zero-order chi connectivity index (χ0) is 15.3. The molecule has 0 heterocycles. The van der Waals surface area contributed by atoms with Gasteiger partial charge in [-0.1, -0.05) is 31.9 Å². The fraction of sp³-hybridized carbons (Fsp3) is 0.778. The third-order valence-electron chi connectivity index (χ3n) is 2.03. The monoisotopic (exact) mass is 413 g/mol. The minimum Gasteiger partial charge on any atom is -0.462 e. The summed E-state index contributed by atoms with van der Waals surface area (Å²) >= 11 is 5.87. The quantitative estimate of drug-likeness (QED) is 0.390. The topological polar surface area (TPSA) is 75.6 Å². The highest BCUT2D eigenvalue weighted by atomic mass is 79.9. The van der Waals surface area contributed by atoms with Gasteiger partial charge < -0.3 is 15.2 Å². The number of amides is 1. The van der Waals surface area contributed by atoms with Gasteiger partial charge in [-0.2, -0.15) is 13.2 Å². The zero-order valence-corrected chi connectivity index (χ0v) is 12.9. The number of rotatable bonds is 6. The maximum Gasteiger partial charge on any atom is 0.448 e. The van der Waals surface area contributed by atoms with Crippen molar-refractivity contribution in [2.75, 3.05) is 17.3 Å². The van der Waals surface area contributed by atoms with E-state index < -0.39 is 29.7 Å². The maximum absolute atomic E-state index is 12.7. The Bertz CT molecular complexity index is 336. The summed E-state index contributed by atoms with van der Waals surface area (Å²) in [5.41, 5.74) is -4.05. The third kappa shape index (κ3) is 4.60. The molecule has 0 aliphatic heterocycles. The predicted octanol–water partition coefficient (Wildman–Crippen LogP) is 1.32. The highest BCUT2D eigenvalue weighted by Crippen LogP contribution is 2.30. The lowest BCUT2D eigenvalue weighted by molar-refractivity contribution is -0.271. The summed E-state index contributed by atoms with van der Waals surface area (Å²) in [6, 6.07) is 0. The normalized spacial score (nSPS) is 14.9. The first-order valence-corrected chi connectivity index (χ1v) is 7.28. The molecule has 19 heavy (non-hydrogen) atoms. The van der Waals surface area contributed by atoms with Crippen molar-refractivity contribution in [3.63, 3.8) is 0 Å². The number of alkyl halides is 5. The summed E-state index contributed by atoms with van der Waals surface area (Å²) in [4.78, 5) is 22.8. The molecule has 2 N–H and O–H groups in total. The van der Waals surface area contributed by atoms with E-state index in [0.29, 0.717) is 0 Å². The van der Waals surface area contributed by atoms with Crippen LogP contribution in [0.3, 0.4) is 0 Å². The maximum atomic E-state index is 12.7. The molecule has 1 atom stereocenters. The largest absolute Gasteiger partial charge is 0.462 e. The fourth-order valence-electron chi connectivity index (χ4n) is 0.935. The molecule has 0 aliphatic rings. The van der Waals surface area contributed by atoms with Gasteiger partial charge >= 0.3 is 17.9 Å². The van der Waals surface area contributed by atoms with Crippen LogP contribution in [0, 0.1) is 5.92 Å². The number of carbonyl (C=O) groups excluding carboxylic acids is 2. The van der Waals surface area contributed by atoms with Crippen molar-refractivity contribution in [1.82, 2.24) is 5.32 Å². The Labute approximate surface area is 124 Å². The molecule has 0 radical (unpaired) electrons.